The van der Waals surface area contributed by atoms with Gasteiger partial charge in [0.1, 0.15) is 5.82 Å². The van der Waals surface area contributed by atoms with Crippen LogP contribution in [-0.4, -0.2) is 61.8 Å². The molecule has 0 aliphatic carbocycles. The van der Waals surface area contributed by atoms with E-state index in [1.165, 1.54) is 5.56 Å². The molecule has 3 N–H and O–H groups in total. The van der Waals surface area contributed by atoms with E-state index in [1.54, 1.807) is 20.3 Å². The molecule has 1 aliphatic rings. The molecule has 9 nitrogen and oxygen atoms in total. The number of benzene rings is 3. The maximum Gasteiger partial charge on any atom is 0.321 e. The Hall–Kier alpha value is -4.53. The molecule has 5 rings (SSSR count). The van der Waals surface area contributed by atoms with Crippen LogP contribution in [-0.2, 0) is 5.41 Å². The number of carbonyl (C=O) groups excluding carboxylic acids is 1. The number of hydrogen-bond donors (Lipinski definition) is 2. The first-order valence-corrected chi connectivity index (χ1v) is 13.0. The van der Waals surface area contributed by atoms with Crippen molar-refractivity contribution in [2.45, 2.75) is 18.3 Å². The fraction of sp³-hybridized carbons (Fsp3) is 0.300. The van der Waals surface area contributed by atoms with E-state index in [4.69, 9.17) is 20.2 Å². The lowest BCUT2D eigenvalue weighted by atomic mass is 9.72. The number of nitrogens with zero attached hydrogens (tertiary/aromatic N) is 4. The molecule has 4 aromatic rings. The highest BCUT2D eigenvalue weighted by atomic mass is 16.5. The fourth-order valence-electron chi connectivity index (χ4n) is 5.35. The lowest BCUT2D eigenvalue weighted by Crippen LogP contribution is -2.51. The van der Waals surface area contributed by atoms with E-state index >= 15 is 0 Å². The van der Waals surface area contributed by atoms with E-state index in [9.17, 15) is 4.79 Å². The summed E-state index contributed by atoms with van der Waals surface area (Å²) in [5.74, 6) is 2.07. The molecule has 202 valence electrons. The molecule has 1 fully saturated rings. The Morgan fingerprint density at radius 2 is 1.59 bits per heavy atom. The number of piperidine rings is 1. The quantitative estimate of drug-likeness (QED) is 0.352. The third kappa shape index (κ3) is 5.38. The highest BCUT2D eigenvalue weighted by Gasteiger charge is 2.39. The van der Waals surface area contributed by atoms with Crippen molar-refractivity contribution in [3.05, 3.63) is 78.4 Å². The monoisotopic (exact) mass is 526 g/mol. The number of nitrogen functional groups attached to an aromatic ring is 1. The predicted molar refractivity (Wildman–Crippen MR) is 155 cm³/mol. The number of fused-ring (bicyclic) bond motifs is 1. The number of amides is 2. The number of nitrogens with one attached hydrogen (secondary N) is 1. The first-order valence-electron chi connectivity index (χ1n) is 13.0. The van der Waals surface area contributed by atoms with Crippen LogP contribution in [0.4, 0.5) is 22.2 Å². The summed E-state index contributed by atoms with van der Waals surface area (Å²) in [7, 11) is 5.17. The van der Waals surface area contributed by atoms with Crippen LogP contribution in [0.15, 0.2) is 72.8 Å². The van der Waals surface area contributed by atoms with E-state index in [2.05, 4.69) is 39.5 Å². The summed E-state index contributed by atoms with van der Waals surface area (Å²) < 4.78 is 10.9. The number of urea groups is 1. The zero-order chi connectivity index (χ0) is 27.4. The van der Waals surface area contributed by atoms with Crippen molar-refractivity contribution < 1.29 is 14.3 Å². The highest BCUT2D eigenvalue weighted by Crippen LogP contribution is 2.38. The summed E-state index contributed by atoms with van der Waals surface area (Å²) >= 11 is 0. The Morgan fingerprint density at radius 1 is 0.974 bits per heavy atom. The largest absolute Gasteiger partial charge is 0.493 e. The smallest absolute Gasteiger partial charge is 0.321 e. The molecule has 1 aliphatic heterocycles. The number of para-hydroxylation sites is 1. The zero-order valence-electron chi connectivity index (χ0n) is 22.6. The molecule has 39 heavy (non-hydrogen) atoms. The SMILES string of the molecule is COc1cc2nc(N(C)CC3(c4ccccc4)CCN(C(=O)Nc4ccccc4)CC3)nc(N)c2cc1OC. The number of likely N-dealkylation sites (tertiary alicyclic amines) is 1. The first kappa shape index (κ1) is 26.1. The second kappa shape index (κ2) is 11.1. The predicted octanol–water partition coefficient (Wildman–Crippen LogP) is 4.93. The van der Waals surface area contributed by atoms with Crippen LogP contribution >= 0.6 is 0 Å². The average Bonchev–Trinajstić information content (AvgIpc) is 2.97. The lowest BCUT2D eigenvalue weighted by molar-refractivity contribution is 0.169. The maximum atomic E-state index is 13.0. The molecule has 1 saturated heterocycles. The molecule has 2 heterocycles. The van der Waals surface area contributed by atoms with E-state index in [1.807, 2.05) is 54.4 Å². The molecule has 0 saturated carbocycles. The van der Waals surface area contributed by atoms with Crippen LogP contribution in [0.2, 0.25) is 0 Å². The van der Waals surface area contributed by atoms with Crippen LogP contribution < -0.4 is 25.4 Å². The van der Waals surface area contributed by atoms with Gasteiger partial charge in [0.05, 0.1) is 19.7 Å². The maximum absolute atomic E-state index is 13.0. The number of likely N-dealkylation sites (N-methyl/N-ethyl adjacent to an activating group) is 1. The Kier molecular flexibility index (Phi) is 7.40. The summed E-state index contributed by atoms with van der Waals surface area (Å²) in [6.45, 7) is 1.95. The molecule has 2 amide bonds. The van der Waals surface area contributed by atoms with Crippen molar-refractivity contribution in [1.82, 2.24) is 14.9 Å². The van der Waals surface area contributed by atoms with Gasteiger partial charge in [-0.1, -0.05) is 48.5 Å². The van der Waals surface area contributed by atoms with E-state index in [0.717, 1.165) is 18.5 Å². The third-order valence-corrected chi connectivity index (χ3v) is 7.52. The number of carbonyl (C=O) groups is 1. The summed E-state index contributed by atoms with van der Waals surface area (Å²) in [5, 5.41) is 3.72. The van der Waals surface area contributed by atoms with Gasteiger partial charge in [-0.25, -0.2) is 9.78 Å². The minimum Gasteiger partial charge on any atom is -0.493 e. The Balaban J connectivity index is 1.39. The van der Waals surface area contributed by atoms with Crippen LogP contribution in [0.1, 0.15) is 18.4 Å². The number of anilines is 3. The summed E-state index contributed by atoms with van der Waals surface area (Å²) in [5.41, 5.74) is 8.90. The molecule has 9 heteroatoms. The Morgan fingerprint density at radius 3 is 2.23 bits per heavy atom. The van der Waals surface area contributed by atoms with E-state index in [-0.39, 0.29) is 11.4 Å². The van der Waals surface area contributed by atoms with Crippen LogP contribution in [0, 0.1) is 0 Å². The van der Waals surface area contributed by atoms with Crippen LogP contribution in [0.3, 0.4) is 0 Å². The van der Waals surface area contributed by atoms with Gasteiger partial charge < -0.3 is 30.3 Å². The zero-order valence-corrected chi connectivity index (χ0v) is 22.6. The molecule has 3 aromatic carbocycles. The third-order valence-electron chi connectivity index (χ3n) is 7.52. The second-order valence-corrected chi connectivity index (χ2v) is 9.92. The van der Waals surface area contributed by atoms with Crippen molar-refractivity contribution in [3.8, 4) is 11.5 Å². The van der Waals surface area contributed by atoms with Crippen LogP contribution in [0.25, 0.3) is 10.9 Å². The van der Waals surface area contributed by atoms with Crippen molar-refractivity contribution >= 4 is 34.4 Å². The van der Waals surface area contributed by atoms with Gasteiger partial charge in [-0.05, 0) is 36.6 Å². The van der Waals surface area contributed by atoms with E-state index < -0.39 is 0 Å². The van der Waals surface area contributed by atoms with Gasteiger partial charge >= 0.3 is 6.03 Å². The number of rotatable bonds is 7. The number of nitrogens with two attached hydrogens (primary N) is 1. The van der Waals surface area contributed by atoms with Crippen LogP contribution in [0.5, 0.6) is 11.5 Å². The molecule has 0 bridgehead atoms. The summed E-state index contributed by atoms with van der Waals surface area (Å²) in [6.07, 6.45) is 1.61. The molecule has 0 unspecified atom stereocenters. The first-order chi connectivity index (χ1) is 18.9. The van der Waals surface area contributed by atoms with Crippen molar-refractivity contribution in [1.29, 1.82) is 0 Å². The van der Waals surface area contributed by atoms with Gasteiger partial charge in [0.15, 0.2) is 11.5 Å². The normalized spacial score (nSPS) is 14.6. The number of methoxy groups -OCH3 is 2. The van der Waals surface area contributed by atoms with Gasteiger partial charge in [-0.3, -0.25) is 0 Å². The van der Waals surface area contributed by atoms with Crippen molar-refractivity contribution in [2.24, 2.45) is 0 Å². The van der Waals surface area contributed by atoms with Crippen molar-refractivity contribution in [3.63, 3.8) is 0 Å². The fourth-order valence-corrected chi connectivity index (χ4v) is 5.35. The summed E-state index contributed by atoms with van der Waals surface area (Å²) in [6, 6.07) is 23.6. The summed E-state index contributed by atoms with van der Waals surface area (Å²) in [4.78, 5) is 26.4. The molecule has 0 atom stereocenters. The van der Waals surface area contributed by atoms with E-state index in [0.29, 0.717) is 53.8 Å². The van der Waals surface area contributed by atoms with Gasteiger partial charge in [0.2, 0.25) is 5.95 Å². The van der Waals surface area contributed by atoms with Gasteiger partial charge in [-0.2, -0.15) is 4.98 Å². The molecular weight excluding hydrogens is 492 g/mol. The minimum atomic E-state index is -0.190. The molecular formula is C30H34N6O3. The lowest BCUT2D eigenvalue weighted by Gasteiger charge is -2.44. The number of hydrogen-bond acceptors (Lipinski definition) is 7. The van der Waals surface area contributed by atoms with Gasteiger partial charge in [-0.15, -0.1) is 0 Å². The topological polar surface area (TPSA) is 106 Å². The average molecular weight is 527 g/mol. The van der Waals surface area contributed by atoms with Gasteiger partial charge in [0.25, 0.3) is 0 Å². The highest BCUT2D eigenvalue weighted by molar-refractivity contribution is 5.92. The Bertz CT molecular complexity index is 1440. The second-order valence-electron chi connectivity index (χ2n) is 9.92. The Labute approximate surface area is 228 Å². The standard InChI is InChI=1S/C30H34N6O3/c1-35(28-33-24-19-26(39-3)25(38-2)18-23(24)27(31)34-28)20-30(21-10-6-4-7-11-21)14-16-36(17-15-30)29(37)32-22-12-8-5-9-13-22/h4-13,18-19H,14-17,20H2,1-3H3,(H,32,37)(H2,31,33,34). The van der Waals surface area contributed by atoms with Gasteiger partial charge in [0, 0.05) is 49.2 Å². The van der Waals surface area contributed by atoms with Crippen molar-refractivity contribution in [2.75, 3.05) is 56.9 Å². The molecule has 1 aromatic heterocycles. The molecule has 0 spiro atoms. The molecule has 0 radical (unpaired) electrons. The minimum absolute atomic E-state index is 0.0776. The number of aromatic nitrogens is 2. The number of ether oxygens (including phenoxy) is 2.